The summed E-state index contributed by atoms with van der Waals surface area (Å²) < 4.78 is 10.6. The molecule has 1 aromatic carbocycles. The van der Waals surface area contributed by atoms with Gasteiger partial charge in [0.25, 0.3) is 0 Å². The van der Waals surface area contributed by atoms with Crippen LogP contribution in [0.15, 0.2) is 41.1 Å². The lowest BCUT2D eigenvalue weighted by molar-refractivity contribution is 0.288. The third-order valence-electron chi connectivity index (χ3n) is 2.59. The fraction of sp³-hybridized carbons (Fsp3) is 0.154. The van der Waals surface area contributed by atoms with E-state index in [1.54, 1.807) is 0 Å². The summed E-state index contributed by atoms with van der Waals surface area (Å²) in [4.78, 5) is 3.14. The highest BCUT2D eigenvalue weighted by atomic mass is 16.5. The van der Waals surface area contributed by atoms with Crippen molar-refractivity contribution in [1.29, 1.82) is 0 Å². The van der Waals surface area contributed by atoms with E-state index in [1.807, 2.05) is 43.5 Å². The van der Waals surface area contributed by atoms with Gasteiger partial charge in [-0.05, 0) is 31.2 Å². The van der Waals surface area contributed by atoms with Gasteiger partial charge < -0.3 is 14.2 Å². The summed E-state index contributed by atoms with van der Waals surface area (Å²) in [6.45, 7) is 2.29. The van der Waals surface area contributed by atoms with E-state index in [1.165, 1.54) is 0 Å². The Hall–Kier alpha value is -2.23. The van der Waals surface area contributed by atoms with Gasteiger partial charge in [-0.3, -0.25) is 0 Å². The molecule has 86 valence electrons. The predicted octanol–water partition coefficient (Wildman–Crippen LogP) is 3.04. The van der Waals surface area contributed by atoms with Crippen LogP contribution in [0.25, 0.3) is 10.9 Å². The van der Waals surface area contributed by atoms with Crippen LogP contribution >= 0.6 is 0 Å². The molecular weight excluding hydrogens is 216 g/mol. The van der Waals surface area contributed by atoms with Crippen LogP contribution in [0.1, 0.15) is 11.5 Å². The van der Waals surface area contributed by atoms with E-state index >= 15 is 0 Å². The second-order valence-corrected chi connectivity index (χ2v) is 3.94. The number of hydrogen-bond acceptors (Lipinski definition) is 3. The van der Waals surface area contributed by atoms with Crippen LogP contribution in [0.3, 0.4) is 0 Å². The van der Waals surface area contributed by atoms with E-state index in [4.69, 9.17) is 9.26 Å². The molecule has 0 aliphatic heterocycles. The Balaban J connectivity index is 1.76. The van der Waals surface area contributed by atoms with Gasteiger partial charge in [0.15, 0.2) is 0 Å². The van der Waals surface area contributed by atoms with E-state index < -0.39 is 0 Å². The lowest BCUT2D eigenvalue weighted by Crippen LogP contribution is -1.95. The van der Waals surface area contributed by atoms with Crippen molar-refractivity contribution < 1.29 is 9.26 Å². The van der Waals surface area contributed by atoms with Crippen molar-refractivity contribution in [2.75, 3.05) is 0 Å². The van der Waals surface area contributed by atoms with Crippen molar-refractivity contribution in [2.45, 2.75) is 13.5 Å². The van der Waals surface area contributed by atoms with Gasteiger partial charge in [-0.15, -0.1) is 0 Å². The van der Waals surface area contributed by atoms with Gasteiger partial charge in [0.1, 0.15) is 23.8 Å². The van der Waals surface area contributed by atoms with Crippen LogP contribution < -0.4 is 4.74 Å². The van der Waals surface area contributed by atoms with E-state index in [-0.39, 0.29) is 0 Å². The number of aromatic nitrogens is 2. The highest BCUT2D eigenvalue weighted by molar-refractivity contribution is 5.80. The first-order valence-corrected chi connectivity index (χ1v) is 5.43. The van der Waals surface area contributed by atoms with Gasteiger partial charge in [-0.1, -0.05) is 5.16 Å². The van der Waals surface area contributed by atoms with Crippen LogP contribution in [-0.2, 0) is 6.61 Å². The molecule has 4 nitrogen and oxygen atoms in total. The molecule has 3 aromatic rings. The van der Waals surface area contributed by atoms with Gasteiger partial charge in [0.2, 0.25) is 0 Å². The minimum Gasteiger partial charge on any atom is -0.487 e. The number of aromatic amines is 1. The Morgan fingerprint density at radius 2 is 2.24 bits per heavy atom. The molecule has 0 fully saturated rings. The summed E-state index contributed by atoms with van der Waals surface area (Å²) in [5.41, 5.74) is 1.91. The maximum Gasteiger partial charge on any atom is 0.134 e. The van der Waals surface area contributed by atoms with E-state index in [0.29, 0.717) is 6.61 Å². The topological polar surface area (TPSA) is 51.0 Å². The lowest BCUT2D eigenvalue weighted by atomic mass is 10.2. The number of nitrogens with one attached hydrogen (secondary N) is 1. The van der Waals surface area contributed by atoms with Crippen molar-refractivity contribution in [3.8, 4) is 5.75 Å². The molecule has 0 amide bonds. The third-order valence-corrected chi connectivity index (χ3v) is 2.59. The molecule has 0 aliphatic carbocycles. The van der Waals surface area contributed by atoms with Gasteiger partial charge in [-0.2, -0.15) is 0 Å². The molecule has 0 saturated heterocycles. The normalized spacial score (nSPS) is 10.9. The van der Waals surface area contributed by atoms with Crippen molar-refractivity contribution in [1.82, 2.24) is 10.1 Å². The number of nitrogens with zero attached hydrogens (tertiary/aromatic N) is 1. The van der Waals surface area contributed by atoms with Crippen molar-refractivity contribution in [3.05, 3.63) is 48.0 Å². The maximum atomic E-state index is 5.65. The molecular formula is C13H12N2O2. The number of H-pyrrole nitrogens is 1. The standard InChI is InChI=1S/C13H12N2O2/c1-9-6-11(15-17-9)8-16-12-2-3-13-10(7-12)4-5-14-13/h2-7,14H,8H2,1H3. The number of benzene rings is 1. The molecule has 0 aliphatic rings. The molecule has 3 rings (SSSR count). The lowest BCUT2D eigenvalue weighted by Gasteiger charge is -2.03. The van der Waals surface area contributed by atoms with Gasteiger partial charge in [0.05, 0.1) is 0 Å². The fourth-order valence-electron chi connectivity index (χ4n) is 1.76. The minimum atomic E-state index is 0.424. The SMILES string of the molecule is Cc1cc(COc2ccc3[nH]ccc3c2)no1. The monoisotopic (exact) mass is 228 g/mol. The first-order valence-electron chi connectivity index (χ1n) is 5.43. The van der Waals surface area contributed by atoms with Gasteiger partial charge in [-0.25, -0.2) is 0 Å². The average molecular weight is 228 g/mol. The van der Waals surface area contributed by atoms with E-state index in [0.717, 1.165) is 28.1 Å². The summed E-state index contributed by atoms with van der Waals surface area (Å²) in [7, 11) is 0. The van der Waals surface area contributed by atoms with Crippen LogP contribution in [0.4, 0.5) is 0 Å². The van der Waals surface area contributed by atoms with Gasteiger partial charge >= 0.3 is 0 Å². The molecule has 0 bridgehead atoms. The summed E-state index contributed by atoms with van der Waals surface area (Å²) in [5.74, 6) is 1.63. The quantitative estimate of drug-likeness (QED) is 0.749. The fourth-order valence-corrected chi connectivity index (χ4v) is 1.76. The molecule has 0 atom stereocenters. The van der Waals surface area contributed by atoms with Crippen molar-refractivity contribution in [3.63, 3.8) is 0 Å². The highest BCUT2D eigenvalue weighted by Gasteiger charge is 2.02. The average Bonchev–Trinajstić information content (AvgIpc) is 2.94. The first-order chi connectivity index (χ1) is 8.31. The minimum absolute atomic E-state index is 0.424. The van der Waals surface area contributed by atoms with Gasteiger partial charge in [0, 0.05) is 23.2 Å². The summed E-state index contributed by atoms with van der Waals surface area (Å²) in [5, 5.41) is 5.01. The number of aryl methyl sites for hydroxylation is 1. The Labute approximate surface area is 98.2 Å². The van der Waals surface area contributed by atoms with Crippen LogP contribution in [0.5, 0.6) is 5.75 Å². The number of fused-ring (bicyclic) bond motifs is 1. The number of rotatable bonds is 3. The highest BCUT2D eigenvalue weighted by Crippen LogP contribution is 2.20. The molecule has 0 unspecified atom stereocenters. The zero-order chi connectivity index (χ0) is 11.7. The molecule has 4 heteroatoms. The van der Waals surface area contributed by atoms with Crippen LogP contribution in [0.2, 0.25) is 0 Å². The Morgan fingerprint density at radius 3 is 3.06 bits per heavy atom. The molecule has 0 radical (unpaired) electrons. The van der Waals surface area contributed by atoms with E-state index in [9.17, 15) is 0 Å². The molecule has 0 spiro atoms. The van der Waals surface area contributed by atoms with Crippen molar-refractivity contribution in [2.24, 2.45) is 0 Å². The molecule has 2 aromatic heterocycles. The smallest absolute Gasteiger partial charge is 0.134 e. The molecule has 2 heterocycles. The second kappa shape index (κ2) is 3.97. The number of hydrogen-bond donors (Lipinski definition) is 1. The van der Waals surface area contributed by atoms with Crippen molar-refractivity contribution >= 4 is 10.9 Å². The largest absolute Gasteiger partial charge is 0.487 e. The van der Waals surface area contributed by atoms with E-state index in [2.05, 4.69) is 10.1 Å². The Morgan fingerprint density at radius 1 is 1.29 bits per heavy atom. The Kier molecular flexibility index (Phi) is 2.33. The summed E-state index contributed by atoms with van der Waals surface area (Å²) in [6.07, 6.45) is 1.91. The molecule has 1 N–H and O–H groups in total. The number of ether oxygens (including phenoxy) is 1. The first kappa shape index (κ1) is 9.96. The molecule has 17 heavy (non-hydrogen) atoms. The zero-order valence-electron chi connectivity index (χ0n) is 9.43. The third kappa shape index (κ3) is 2.01. The molecule has 0 saturated carbocycles. The summed E-state index contributed by atoms with van der Waals surface area (Å²) in [6, 6.07) is 9.82. The Bertz CT molecular complexity index is 639. The van der Waals surface area contributed by atoms with Crippen LogP contribution in [-0.4, -0.2) is 10.1 Å². The maximum absolute atomic E-state index is 5.65. The second-order valence-electron chi connectivity index (χ2n) is 3.94. The van der Waals surface area contributed by atoms with Crippen LogP contribution in [0, 0.1) is 6.92 Å². The zero-order valence-corrected chi connectivity index (χ0v) is 9.43. The summed E-state index contributed by atoms with van der Waals surface area (Å²) >= 11 is 0. The predicted molar refractivity (Wildman–Crippen MR) is 63.9 cm³/mol.